The van der Waals surface area contributed by atoms with Gasteiger partial charge in [-0.15, -0.1) is 0 Å². The summed E-state index contributed by atoms with van der Waals surface area (Å²) in [4.78, 5) is 0. The largest absolute Gasteiger partial charge is 0.219 e. The molecule has 5 nitrogen and oxygen atoms in total. The molecular weight excluding hydrogens is 80.0 g/mol. The Morgan fingerprint density at radius 1 is 1.00 bits per heavy atom. The first-order valence-corrected chi connectivity index (χ1v) is 0.698. The Hall–Kier alpha value is -0.200. The molecule has 0 aromatic carbocycles. The van der Waals surface area contributed by atoms with E-state index in [4.69, 9.17) is 10.5 Å². The van der Waals surface area contributed by atoms with Crippen LogP contribution in [0.1, 0.15) is 0 Å². The highest BCUT2D eigenvalue weighted by Gasteiger charge is 1.68. The summed E-state index contributed by atoms with van der Waals surface area (Å²) in [5.41, 5.74) is 0. The third-order valence-electron chi connectivity index (χ3n) is 0.0609. The Labute approximate surface area is 27.0 Å². The smallest absolute Gasteiger partial charge is 0.00537 e. The summed E-state index contributed by atoms with van der Waals surface area (Å²) < 4.78 is 0. The maximum atomic E-state index is 7.06. The molecule has 0 aromatic rings. The predicted molar refractivity (Wildman–Crippen MR) is 8.51 cm³/mol. The Morgan fingerprint density at radius 3 is 1.40 bits per heavy atom. The Morgan fingerprint density at radius 2 is 1.40 bits per heavy atom. The SMILES string of the molecule is OOOOO. The molecule has 0 fully saturated rings. The molecule has 0 heterocycles. The molecule has 0 amide bonds. The van der Waals surface area contributed by atoms with Crippen molar-refractivity contribution in [2.24, 2.45) is 0 Å². The van der Waals surface area contributed by atoms with Crippen LogP contribution in [0, 0.1) is 0 Å². The fraction of sp³-hybridized carbons (Fsp3) is 0. The van der Waals surface area contributed by atoms with Crippen LogP contribution >= 0.6 is 0 Å². The van der Waals surface area contributed by atoms with Crippen LogP contribution in [0.25, 0.3) is 0 Å². The van der Waals surface area contributed by atoms with Crippen molar-refractivity contribution in [2.45, 2.75) is 0 Å². The van der Waals surface area contributed by atoms with Gasteiger partial charge in [0, 0.05) is 0 Å². The summed E-state index contributed by atoms with van der Waals surface area (Å²) in [7, 11) is 0. The minimum Gasteiger partial charge on any atom is -0.219 e. The van der Waals surface area contributed by atoms with Crippen LogP contribution in [0.2, 0.25) is 0 Å². The molecule has 0 aliphatic rings. The summed E-state index contributed by atoms with van der Waals surface area (Å²) in [5, 5.41) is 22.5. The van der Waals surface area contributed by atoms with E-state index in [1.807, 2.05) is 0 Å². The van der Waals surface area contributed by atoms with Crippen molar-refractivity contribution in [1.29, 1.82) is 0 Å². The molecule has 0 aliphatic carbocycles. The lowest BCUT2D eigenvalue weighted by atomic mass is 14.3. The first-order valence-electron chi connectivity index (χ1n) is 0.698. The quantitative estimate of drug-likeness (QED) is 0.357. The molecule has 0 rings (SSSR count). The van der Waals surface area contributed by atoms with E-state index >= 15 is 0 Å². The minimum atomic E-state index is 2.72. The van der Waals surface area contributed by atoms with Gasteiger partial charge in [0.05, 0.1) is 0 Å². The second kappa shape index (κ2) is 3.80. The van der Waals surface area contributed by atoms with Crippen LogP contribution in [-0.4, -0.2) is 10.5 Å². The van der Waals surface area contributed by atoms with Crippen LogP contribution in [0.15, 0.2) is 0 Å². The highest BCUT2D eigenvalue weighted by Crippen LogP contribution is 1.63. The van der Waals surface area contributed by atoms with Crippen molar-refractivity contribution in [1.82, 2.24) is 0 Å². The summed E-state index contributed by atoms with van der Waals surface area (Å²) >= 11 is 0. The van der Waals surface area contributed by atoms with E-state index in [1.54, 1.807) is 0 Å². The fourth-order valence-corrected chi connectivity index (χ4v) is 0.0136. The highest BCUT2D eigenvalue weighted by molar-refractivity contribution is 2.78. The predicted octanol–water partition coefficient (Wildman–Crippen LogP) is -0.188. The third kappa shape index (κ3) is 3.80. The third-order valence-corrected chi connectivity index (χ3v) is 0.0609. The molecule has 0 bridgehead atoms. The van der Waals surface area contributed by atoms with E-state index < -0.39 is 0 Å². The number of hydrogen-bond acceptors (Lipinski definition) is 5. The molecule has 0 aliphatic heterocycles. The molecule has 5 heteroatoms. The van der Waals surface area contributed by atoms with Gasteiger partial charge in [0.25, 0.3) is 0 Å². The Balaban J connectivity index is 2.19. The molecule has 32 valence electrons. The van der Waals surface area contributed by atoms with Gasteiger partial charge in [-0.25, -0.2) is 10.5 Å². The van der Waals surface area contributed by atoms with E-state index in [0.29, 0.717) is 0 Å². The first kappa shape index (κ1) is 4.80. The molecule has 0 unspecified atom stereocenters. The lowest BCUT2D eigenvalue weighted by Gasteiger charge is -1.79. The van der Waals surface area contributed by atoms with Gasteiger partial charge in [-0.1, -0.05) is 0 Å². The normalized spacial score (nSPS) is 8.40. The topological polar surface area (TPSA) is 68.2 Å². The highest BCUT2D eigenvalue weighted by atomic mass is 17.7. The zero-order valence-corrected chi connectivity index (χ0v) is 2.12. The second-order valence-electron chi connectivity index (χ2n) is 0.217. The van der Waals surface area contributed by atoms with E-state index in [9.17, 15) is 0 Å². The molecular formula is H2O5. The van der Waals surface area contributed by atoms with Crippen molar-refractivity contribution < 1.29 is 25.6 Å². The van der Waals surface area contributed by atoms with Gasteiger partial charge in [0.15, 0.2) is 0 Å². The minimum absolute atomic E-state index is 2.72. The Kier molecular flexibility index (Phi) is 3.65. The van der Waals surface area contributed by atoms with Crippen LogP contribution < -0.4 is 0 Å². The lowest BCUT2D eigenvalue weighted by molar-refractivity contribution is -0.695. The summed E-state index contributed by atoms with van der Waals surface area (Å²) in [6.07, 6.45) is 0. The summed E-state index contributed by atoms with van der Waals surface area (Å²) in [5.74, 6) is 0. The van der Waals surface area contributed by atoms with Crippen molar-refractivity contribution >= 4 is 0 Å². The van der Waals surface area contributed by atoms with Gasteiger partial charge < -0.3 is 0 Å². The van der Waals surface area contributed by atoms with E-state index in [0.717, 1.165) is 0 Å². The van der Waals surface area contributed by atoms with Gasteiger partial charge in [-0.2, -0.15) is 0 Å². The van der Waals surface area contributed by atoms with Crippen molar-refractivity contribution in [3.63, 3.8) is 0 Å². The molecule has 0 radical (unpaired) electrons. The first-order chi connectivity index (χ1) is 2.41. The number of rotatable bonds is 2. The van der Waals surface area contributed by atoms with Gasteiger partial charge in [-0.05, 0) is 15.1 Å². The molecule has 2 N–H and O–H groups in total. The molecule has 0 aromatic heterocycles. The molecule has 0 saturated carbocycles. The summed E-state index contributed by atoms with van der Waals surface area (Å²) in [6, 6.07) is 0. The van der Waals surface area contributed by atoms with Crippen molar-refractivity contribution in [3.8, 4) is 0 Å². The standard InChI is InChI=1S/H2O5/c1-3-5-4-2/h1-2H. The van der Waals surface area contributed by atoms with Crippen LogP contribution in [0.5, 0.6) is 0 Å². The maximum absolute atomic E-state index is 7.06. The second-order valence-corrected chi connectivity index (χ2v) is 0.217. The Bertz CT molecular complexity index is 7.51. The molecule has 0 spiro atoms. The van der Waals surface area contributed by atoms with E-state index in [1.165, 1.54) is 0 Å². The zero-order valence-electron chi connectivity index (χ0n) is 2.12. The monoisotopic (exact) mass is 82.0 g/mol. The van der Waals surface area contributed by atoms with E-state index in [2.05, 4.69) is 15.1 Å². The molecule has 5 heavy (non-hydrogen) atoms. The van der Waals surface area contributed by atoms with Crippen molar-refractivity contribution in [3.05, 3.63) is 0 Å². The van der Waals surface area contributed by atoms with Gasteiger partial charge >= 0.3 is 0 Å². The lowest BCUT2D eigenvalue weighted by Crippen LogP contribution is -1.84. The van der Waals surface area contributed by atoms with Gasteiger partial charge in [0.2, 0.25) is 0 Å². The molecule has 0 saturated heterocycles. The molecule has 0 atom stereocenters. The summed E-state index contributed by atoms with van der Waals surface area (Å²) in [6.45, 7) is 0. The van der Waals surface area contributed by atoms with Gasteiger partial charge in [-0.3, -0.25) is 0 Å². The van der Waals surface area contributed by atoms with Crippen LogP contribution in [-0.2, 0) is 15.1 Å². The average molecular weight is 82.0 g/mol. The fourth-order valence-electron chi connectivity index (χ4n) is 0.0136. The van der Waals surface area contributed by atoms with Crippen LogP contribution in [0.4, 0.5) is 0 Å². The van der Waals surface area contributed by atoms with Gasteiger partial charge in [0.1, 0.15) is 0 Å². The number of hydrogen-bond donors (Lipinski definition) is 2. The van der Waals surface area contributed by atoms with Crippen LogP contribution in [0.3, 0.4) is 0 Å². The van der Waals surface area contributed by atoms with E-state index in [-0.39, 0.29) is 0 Å². The van der Waals surface area contributed by atoms with Crippen molar-refractivity contribution in [2.75, 3.05) is 0 Å². The zero-order chi connectivity index (χ0) is 4.12. The average Bonchev–Trinajstić information content (AvgIpc) is 1.41. The maximum Gasteiger partial charge on any atom is -0.00537 e.